The fraction of sp³-hybridized carbons (Fsp3) is 0.350. The fourth-order valence-electron chi connectivity index (χ4n) is 2.78. The van der Waals surface area contributed by atoms with E-state index in [0.29, 0.717) is 30.9 Å². The van der Waals surface area contributed by atoms with E-state index in [1.54, 1.807) is 26.4 Å². The molecule has 27 heavy (non-hydrogen) atoms. The van der Waals surface area contributed by atoms with Gasteiger partial charge in [0.05, 0.1) is 19.1 Å². The molecule has 0 radical (unpaired) electrons. The molecule has 7 heteroatoms. The Morgan fingerprint density at radius 1 is 1.11 bits per heavy atom. The maximum absolute atomic E-state index is 12.2. The molecule has 2 aromatic carbocycles. The summed E-state index contributed by atoms with van der Waals surface area (Å²) >= 11 is 0. The van der Waals surface area contributed by atoms with E-state index in [1.807, 2.05) is 25.1 Å². The third-order valence-corrected chi connectivity index (χ3v) is 4.35. The summed E-state index contributed by atoms with van der Waals surface area (Å²) in [4.78, 5) is 22.4. The number of benzene rings is 2. The van der Waals surface area contributed by atoms with Gasteiger partial charge in [-0.1, -0.05) is 25.1 Å². The summed E-state index contributed by atoms with van der Waals surface area (Å²) in [6.07, 6.45) is 1.00. The van der Waals surface area contributed by atoms with E-state index >= 15 is 0 Å². The SMILES string of the molecule is COc1ccc(CCNC(=O)CC(C)c2ccc([N+](=O)[O-])cc2)cc1OC. The van der Waals surface area contributed by atoms with Crippen molar-refractivity contribution in [3.05, 3.63) is 63.7 Å². The van der Waals surface area contributed by atoms with Crippen molar-refractivity contribution >= 4 is 11.6 Å². The highest BCUT2D eigenvalue weighted by Crippen LogP contribution is 2.27. The molecule has 144 valence electrons. The summed E-state index contributed by atoms with van der Waals surface area (Å²) in [5, 5.41) is 13.6. The van der Waals surface area contributed by atoms with E-state index in [0.717, 1.165) is 11.1 Å². The van der Waals surface area contributed by atoms with Gasteiger partial charge in [0.15, 0.2) is 11.5 Å². The van der Waals surface area contributed by atoms with Crippen molar-refractivity contribution in [1.82, 2.24) is 5.32 Å². The lowest BCUT2D eigenvalue weighted by Crippen LogP contribution is -2.26. The van der Waals surface area contributed by atoms with E-state index in [2.05, 4.69) is 5.32 Å². The number of nitro groups is 1. The van der Waals surface area contributed by atoms with Gasteiger partial charge in [0, 0.05) is 25.1 Å². The van der Waals surface area contributed by atoms with Gasteiger partial charge in [0.2, 0.25) is 5.91 Å². The Hall–Kier alpha value is -3.09. The van der Waals surface area contributed by atoms with E-state index in [4.69, 9.17) is 9.47 Å². The van der Waals surface area contributed by atoms with Crippen molar-refractivity contribution in [3.63, 3.8) is 0 Å². The highest BCUT2D eigenvalue weighted by atomic mass is 16.6. The molecule has 0 aliphatic rings. The van der Waals surface area contributed by atoms with Crippen molar-refractivity contribution in [2.75, 3.05) is 20.8 Å². The molecule has 0 aliphatic carbocycles. The van der Waals surface area contributed by atoms with Crippen molar-refractivity contribution < 1.29 is 19.2 Å². The predicted octanol–water partition coefficient (Wildman–Crippen LogP) is 3.46. The van der Waals surface area contributed by atoms with Crippen molar-refractivity contribution in [1.29, 1.82) is 0 Å². The number of rotatable bonds is 9. The molecule has 0 spiro atoms. The van der Waals surface area contributed by atoms with Gasteiger partial charge in [-0.2, -0.15) is 0 Å². The van der Waals surface area contributed by atoms with Crippen LogP contribution in [0.1, 0.15) is 30.4 Å². The number of amides is 1. The molecule has 1 N–H and O–H groups in total. The highest BCUT2D eigenvalue weighted by Gasteiger charge is 2.13. The van der Waals surface area contributed by atoms with Crippen LogP contribution in [-0.2, 0) is 11.2 Å². The topological polar surface area (TPSA) is 90.7 Å². The average Bonchev–Trinajstić information content (AvgIpc) is 2.67. The molecule has 0 aromatic heterocycles. The smallest absolute Gasteiger partial charge is 0.269 e. The van der Waals surface area contributed by atoms with Crippen LogP contribution in [0.5, 0.6) is 11.5 Å². The molecule has 1 atom stereocenters. The lowest BCUT2D eigenvalue weighted by Gasteiger charge is -2.13. The molecular weight excluding hydrogens is 348 g/mol. The quantitative estimate of drug-likeness (QED) is 0.538. The van der Waals surface area contributed by atoms with Crippen LogP contribution < -0.4 is 14.8 Å². The third-order valence-electron chi connectivity index (χ3n) is 4.35. The number of carbonyl (C=O) groups is 1. The number of nitrogens with one attached hydrogen (secondary N) is 1. The van der Waals surface area contributed by atoms with Crippen molar-refractivity contribution in [2.45, 2.75) is 25.7 Å². The number of ether oxygens (including phenoxy) is 2. The number of nitrogens with zero attached hydrogens (tertiary/aromatic N) is 1. The number of carbonyl (C=O) groups excluding carboxylic acids is 1. The van der Waals surface area contributed by atoms with Gasteiger partial charge in [-0.15, -0.1) is 0 Å². The minimum Gasteiger partial charge on any atom is -0.493 e. The minimum atomic E-state index is -0.435. The lowest BCUT2D eigenvalue weighted by atomic mass is 9.97. The number of hydrogen-bond acceptors (Lipinski definition) is 5. The first kappa shape index (κ1) is 20.2. The maximum Gasteiger partial charge on any atom is 0.269 e. The Labute approximate surface area is 158 Å². The van der Waals surface area contributed by atoms with Crippen LogP contribution in [0.2, 0.25) is 0 Å². The first-order chi connectivity index (χ1) is 12.9. The van der Waals surface area contributed by atoms with Crippen LogP contribution in [0.25, 0.3) is 0 Å². The molecule has 1 amide bonds. The van der Waals surface area contributed by atoms with Gasteiger partial charge < -0.3 is 14.8 Å². The summed E-state index contributed by atoms with van der Waals surface area (Å²) in [5.41, 5.74) is 1.98. The third kappa shape index (κ3) is 5.70. The largest absolute Gasteiger partial charge is 0.493 e. The van der Waals surface area contributed by atoms with Gasteiger partial charge in [0.1, 0.15) is 0 Å². The van der Waals surface area contributed by atoms with Gasteiger partial charge in [-0.05, 0) is 35.6 Å². The zero-order valence-electron chi connectivity index (χ0n) is 15.7. The molecule has 2 rings (SSSR count). The normalized spacial score (nSPS) is 11.5. The molecule has 0 fully saturated rings. The van der Waals surface area contributed by atoms with Crippen LogP contribution in [-0.4, -0.2) is 31.6 Å². The molecule has 0 saturated heterocycles. The van der Waals surface area contributed by atoms with Gasteiger partial charge >= 0.3 is 0 Å². The molecule has 0 saturated carbocycles. The van der Waals surface area contributed by atoms with Crippen LogP contribution >= 0.6 is 0 Å². The Morgan fingerprint density at radius 2 is 1.78 bits per heavy atom. The van der Waals surface area contributed by atoms with Gasteiger partial charge in [-0.25, -0.2) is 0 Å². The van der Waals surface area contributed by atoms with E-state index in [9.17, 15) is 14.9 Å². The van der Waals surface area contributed by atoms with Crippen LogP contribution in [0.4, 0.5) is 5.69 Å². The van der Waals surface area contributed by atoms with E-state index < -0.39 is 4.92 Å². The zero-order valence-corrected chi connectivity index (χ0v) is 15.7. The molecule has 7 nitrogen and oxygen atoms in total. The molecular formula is C20H24N2O5. The number of hydrogen-bond donors (Lipinski definition) is 1. The summed E-state index contributed by atoms with van der Waals surface area (Å²) in [7, 11) is 3.17. The summed E-state index contributed by atoms with van der Waals surface area (Å²) < 4.78 is 10.5. The maximum atomic E-state index is 12.2. The van der Waals surface area contributed by atoms with E-state index in [-0.39, 0.29) is 17.5 Å². The molecule has 2 aromatic rings. The fourth-order valence-corrected chi connectivity index (χ4v) is 2.78. The summed E-state index contributed by atoms with van der Waals surface area (Å²) in [6, 6.07) is 12.0. The monoisotopic (exact) mass is 372 g/mol. The summed E-state index contributed by atoms with van der Waals surface area (Å²) in [5.74, 6) is 1.25. The Bertz CT molecular complexity index is 789. The Morgan fingerprint density at radius 3 is 2.37 bits per heavy atom. The molecule has 0 bridgehead atoms. The first-order valence-electron chi connectivity index (χ1n) is 8.66. The second-order valence-corrected chi connectivity index (χ2v) is 6.24. The average molecular weight is 372 g/mol. The summed E-state index contributed by atoms with van der Waals surface area (Å²) in [6.45, 7) is 2.44. The number of methoxy groups -OCH3 is 2. The zero-order chi connectivity index (χ0) is 19.8. The van der Waals surface area contributed by atoms with Crippen LogP contribution in [0, 0.1) is 10.1 Å². The predicted molar refractivity (Wildman–Crippen MR) is 102 cm³/mol. The molecule has 0 heterocycles. The lowest BCUT2D eigenvalue weighted by molar-refractivity contribution is -0.384. The van der Waals surface area contributed by atoms with Gasteiger partial charge in [0.25, 0.3) is 5.69 Å². The van der Waals surface area contributed by atoms with Crippen molar-refractivity contribution in [2.24, 2.45) is 0 Å². The highest BCUT2D eigenvalue weighted by molar-refractivity contribution is 5.76. The second kappa shape index (κ2) is 9.56. The van der Waals surface area contributed by atoms with Crippen LogP contribution in [0.15, 0.2) is 42.5 Å². The van der Waals surface area contributed by atoms with E-state index in [1.165, 1.54) is 12.1 Å². The Kier molecular flexibility index (Phi) is 7.16. The number of non-ortho nitro benzene ring substituents is 1. The molecule has 1 unspecified atom stereocenters. The first-order valence-corrected chi connectivity index (χ1v) is 8.66. The number of nitro benzene ring substituents is 1. The second-order valence-electron chi connectivity index (χ2n) is 6.24. The van der Waals surface area contributed by atoms with Crippen molar-refractivity contribution in [3.8, 4) is 11.5 Å². The standard InChI is InChI=1S/C20H24N2O5/c1-14(16-5-7-17(8-6-16)22(24)25)12-20(23)21-11-10-15-4-9-18(26-2)19(13-15)27-3/h4-9,13-14H,10-12H2,1-3H3,(H,21,23). The van der Waals surface area contributed by atoms with Gasteiger partial charge in [-0.3, -0.25) is 14.9 Å². The molecule has 0 aliphatic heterocycles. The Balaban J connectivity index is 1.82. The minimum absolute atomic E-state index is 0.0214. The van der Waals surface area contributed by atoms with Crippen LogP contribution in [0.3, 0.4) is 0 Å².